The number of allylic oxidation sites excluding steroid dienone is 1. The van der Waals surface area contributed by atoms with Crippen molar-refractivity contribution in [3.63, 3.8) is 0 Å². The van der Waals surface area contributed by atoms with Crippen molar-refractivity contribution >= 4 is 5.78 Å². The van der Waals surface area contributed by atoms with Crippen molar-refractivity contribution in [2.75, 3.05) is 33.0 Å². The third-order valence-corrected chi connectivity index (χ3v) is 22.6. The fourth-order valence-electron chi connectivity index (χ4n) is 16.7. The van der Waals surface area contributed by atoms with E-state index in [1.54, 1.807) is 0 Å². The minimum atomic E-state index is -1.97. The summed E-state index contributed by atoms with van der Waals surface area (Å²) in [7, 11) is 0. The second kappa shape index (κ2) is 27.4. The molecule has 0 bridgehead atoms. The molecule has 5 heterocycles. The zero-order valence-electron chi connectivity index (χ0n) is 51.7. The van der Waals surface area contributed by atoms with E-state index in [4.69, 9.17) is 47.4 Å². The van der Waals surface area contributed by atoms with Gasteiger partial charge in [0.15, 0.2) is 31.5 Å². The van der Waals surface area contributed by atoms with Crippen LogP contribution in [0, 0.1) is 45.3 Å². The Morgan fingerprint density at radius 3 is 1.47 bits per heavy atom. The van der Waals surface area contributed by atoms with Crippen molar-refractivity contribution in [3.8, 4) is 0 Å². The summed E-state index contributed by atoms with van der Waals surface area (Å²) >= 11 is 0. The molecule has 0 aromatic rings. The van der Waals surface area contributed by atoms with Crippen LogP contribution in [0.15, 0.2) is 11.6 Å². The molecule has 8 fully saturated rings. The van der Waals surface area contributed by atoms with Gasteiger partial charge in [-0.3, -0.25) is 4.79 Å². The van der Waals surface area contributed by atoms with Gasteiger partial charge in [-0.2, -0.15) is 0 Å². The number of carbonyl (C=O) groups excluding carboxylic acids is 1. The quantitative estimate of drug-likeness (QED) is 0.0507. The number of hydrogen-bond acceptors (Lipinski definition) is 29. The first-order valence-electron chi connectivity index (χ1n) is 31.4. The average molecular weight is 1290 g/mol. The lowest BCUT2D eigenvalue weighted by Crippen LogP contribution is -2.65. The number of carbonyl (C=O) groups is 1. The van der Waals surface area contributed by atoms with Crippen LogP contribution in [0.25, 0.3) is 0 Å². The average Bonchev–Trinajstić information content (AvgIpc) is 1.66. The molecule has 4 aliphatic carbocycles. The van der Waals surface area contributed by atoms with Crippen molar-refractivity contribution in [2.24, 2.45) is 45.3 Å². The third kappa shape index (κ3) is 13.0. The zero-order valence-corrected chi connectivity index (χ0v) is 51.7. The molecule has 18 N–H and O–H groups in total. The molecular weight excluding hydrogens is 1180 g/mol. The maximum atomic E-state index is 15.4. The Morgan fingerprint density at radius 2 is 0.978 bits per heavy atom. The van der Waals surface area contributed by atoms with Crippen LogP contribution in [0.2, 0.25) is 0 Å². The number of rotatable bonds is 20. The van der Waals surface area contributed by atoms with E-state index in [-0.39, 0.29) is 47.7 Å². The van der Waals surface area contributed by atoms with Crippen LogP contribution in [0.4, 0.5) is 0 Å². The van der Waals surface area contributed by atoms with Crippen LogP contribution in [0.5, 0.6) is 0 Å². The predicted octanol–water partition coefficient (Wildman–Crippen LogP) is -5.20. The lowest BCUT2D eigenvalue weighted by Gasteiger charge is -2.65. The Balaban J connectivity index is 0.884. The van der Waals surface area contributed by atoms with Gasteiger partial charge in [-0.25, -0.2) is 0 Å². The Bertz CT molecular complexity index is 2390. The molecule has 514 valence electrons. The molecule has 0 amide bonds. The summed E-state index contributed by atoms with van der Waals surface area (Å²) in [6, 6.07) is 0. The van der Waals surface area contributed by atoms with E-state index in [9.17, 15) is 91.9 Å². The highest BCUT2D eigenvalue weighted by molar-refractivity contribution is 5.88. The van der Waals surface area contributed by atoms with Crippen LogP contribution >= 0.6 is 0 Å². The molecule has 9 rings (SSSR count). The Morgan fingerprint density at radius 1 is 0.539 bits per heavy atom. The zero-order chi connectivity index (χ0) is 65.5. The van der Waals surface area contributed by atoms with Crippen LogP contribution < -0.4 is 0 Å². The second-order valence-electron chi connectivity index (χ2n) is 28.5. The van der Waals surface area contributed by atoms with E-state index in [2.05, 4.69) is 33.8 Å². The summed E-state index contributed by atoms with van der Waals surface area (Å²) in [6.07, 6.45) is -37.4. The molecule has 29 nitrogen and oxygen atoms in total. The van der Waals surface area contributed by atoms with Gasteiger partial charge in [0.1, 0.15) is 128 Å². The number of ketones is 1. The Kier molecular flexibility index (Phi) is 22.1. The molecule has 3 saturated carbocycles. The molecule has 0 radical (unpaired) electrons. The minimum absolute atomic E-state index is 0.00532. The normalized spacial score (nSPS) is 51.0. The SMILES string of the molecule is C[C@H](CC[C@@H](O[C@@H]1O[C@H](CO[C@@H]2O[C@H](CO)[C@@H](O)[C@H](O)[C@H]2O)[C@@H](O)[C@H](O)[C@H]1O[C@@H]1O[C@H](CO)[C@@H](O)[C@H](O)[C@H]1O)C(C)(C)O)[C@H]1CC[C@@]2(C)[C@@H]3CC=C4[C@H](CC[C@H](O[C@@H]5O[C@H](CO[C@@H]6O[C@H](CO)[C@@H](O)[C@H](O)[C@H]6O)[C@@H](O)[C@H](O)[C@H]5O)C4(C)C)[C@@]3(C)C(=O)C[C@]12C. The van der Waals surface area contributed by atoms with Gasteiger partial charge in [-0.15, -0.1) is 0 Å². The van der Waals surface area contributed by atoms with Crippen molar-refractivity contribution in [2.45, 2.75) is 278 Å². The molecule has 0 aromatic carbocycles. The standard InChI is InChI=1S/C60H100O29/c1-23(9-13-35(57(4,5)79)88-55-50(89-54-49(78)43(72)38(67)29(20-63)84-54)45(74)40(69)31(86-55)22-81-52-47(76)42(71)37(66)28(19-62)83-52)24-15-16-58(6)32-12-10-25-26(60(32,8)33(64)17-59(24,58)7)11-14-34(56(25,2)3)87-53-48(77)44(73)39(68)30(85-53)21-80-51-46(75)41(70)36(65)27(18-61)82-51/h10,23-24,26-32,34-55,61-63,65-79H,9,11-22H2,1-8H3/t23-,24-,26+,27-,28-,29-,30-,31-,32+,34+,35-,36-,37-,38-,39-,40-,41+,42+,43+,44+,45+,46-,47-,48-,49-,50-,51-,52-,53+,54+,55+,58+,59-,60-/m1/s1. The third-order valence-electron chi connectivity index (χ3n) is 22.6. The fraction of sp³-hybridized carbons (Fsp3) is 0.950. The number of ether oxygens (including phenoxy) is 10. The summed E-state index contributed by atoms with van der Waals surface area (Å²) < 4.78 is 59.2. The Labute approximate surface area is 516 Å². The van der Waals surface area contributed by atoms with Gasteiger partial charge < -0.3 is 139 Å². The van der Waals surface area contributed by atoms with Crippen molar-refractivity contribution < 1.29 is 144 Å². The highest BCUT2D eigenvalue weighted by Crippen LogP contribution is 2.74. The van der Waals surface area contributed by atoms with Gasteiger partial charge in [0.05, 0.1) is 50.8 Å². The van der Waals surface area contributed by atoms with Gasteiger partial charge in [-0.1, -0.05) is 53.2 Å². The van der Waals surface area contributed by atoms with E-state index in [0.29, 0.717) is 25.7 Å². The number of Topliss-reactive ketones (excluding diaryl/α,β-unsaturated/α-hetero) is 1. The first-order chi connectivity index (χ1) is 41.6. The summed E-state index contributed by atoms with van der Waals surface area (Å²) in [5, 5.41) is 192. The monoisotopic (exact) mass is 1280 g/mol. The van der Waals surface area contributed by atoms with E-state index in [0.717, 1.165) is 18.4 Å². The smallest absolute Gasteiger partial charge is 0.187 e. The highest BCUT2D eigenvalue weighted by Gasteiger charge is 2.71. The summed E-state index contributed by atoms with van der Waals surface area (Å²) in [4.78, 5) is 15.4. The molecule has 0 unspecified atom stereocenters. The van der Waals surface area contributed by atoms with E-state index in [1.807, 2.05) is 13.8 Å². The van der Waals surface area contributed by atoms with Gasteiger partial charge >= 0.3 is 0 Å². The summed E-state index contributed by atoms with van der Waals surface area (Å²) in [6.45, 7) is 12.2. The van der Waals surface area contributed by atoms with Crippen molar-refractivity contribution in [1.82, 2.24) is 0 Å². The van der Waals surface area contributed by atoms with Crippen LogP contribution in [0.1, 0.15) is 107 Å². The molecule has 34 atom stereocenters. The van der Waals surface area contributed by atoms with Gasteiger partial charge in [0.2, 0.25) is 0 Å². The van der Waals surface area contributed by atoms with Crippen molar-refractivity contribution in [1.29, 1.82) is 0 Å². The first kappa shape index (κ1) is 71.6. The maximum Gasteiger partial charge on any atom is 0.187 e. The molecule has 9 aliphatic rings. The molecule has 89 heavy (non-hydrogen) atoms. The topological polar surface area (TPSA) is 474 Å². The molecule has 29 heteroatoms. The van der Waals surface area contributed by atoms with Gasteiger partial charge in [-0.05, 0) is 93.3 Å². The predicted molar refractivity (Wildman–Crippen MR) is 299 cm³/mol. The van der Waals surface area contributed by atoms with Gasteiger partial charge in [0.25, 0.3) is 0 Å². The van der Waals surface area contributed by atoms with Crippen LogP contribution in [0.3, 0.4) is 0 Å². The molecule has 0 spiro atoms. The first-order valence-corrected chi connectivity index (χ1v) is 31.4. The maximum absolute atomic E-state index is 15.4. The highest BCUT2D eigenvalue weighted by atomic mass is 16.8. The minimum Gasteiger partial charge on any atom is -0.394 e. The number of hydrogen-bond donors (Lipinski definition) is 18. The van der Waals surface area contributed by atoms with E-state index < -0.39 is 221 Å². The lowest BCUT2D eigenvalue weighted by atomic mass is 9.38. The van der Waals surface area contributed by atoms with Crippen LogP contribution in [-0.2, 0) is 52.2 Å². The molecular formula is C60H100O29. The summed E-state index contributed by atoms with van der Waals surface area (Å²) in [5.41, 5.74) is -2.96. The fourth-order valence-corrected chi connectivity index (χ4v) is 16.7. The van der Waals surface area contributed by atoms with Gasteiger partial charge in [0, 0.05) is 17.3 Å². The van der Waals surface area contributed by atoms with Crippen LogP contribution in [-0.4, -0.2) is 302 Å². The second-order valence-corrected chi connectivity index (χ2v) is 28.5. The number of fused-ring (bicyclic) bond motifs is 5. The van der Waals surface area contributed by atoms with E-state index >= 15 is 4.79 Å². The molecule has 0 aromatic heterocycles. The number of aliphatic hydroxyl groups is 18. The number of aliphatic hydroxyl groups excluding tert-OH is 17. The Hall–Kier alpha value is -1.71. The largest absolute Gasteiger partial charge is 0.394 e. The molecule has 5 saturated heterocycles. The lowest BCUT2D eigenvalue weighted by molar-refractivity contribution is -0.380. The summed E-state index contributed by atoms with van der Waals surface area (Å²) in [5.74, 6) is -0.178. The van der Waals surface area contributed by atoms with Crippen molar-refractivity contribution in [3.05, 3.63) is 11.6 Å². The molecule has 5 aliphatic heterocycles. The van der Waals surface area contributed by atoms with E-state index in [1.165, 1.54) is 13.8 Å².